The number of nitrogens with one attached hydrogen (secondary N) is 1. The highest BCUT2D eigenvalue weighted by Crippen LogP contribution is 2.35. The highest BCUT2D eigenvalue weighted by Gasteiger charge is 2.19. The van der Waals surface area contributed by atoms with Crippen molar-refractivity contribution in [2.75, 3.05) is 7.05 Å². The second-order valence-electron chi connectivity index (χ2n) is 5.31. The minimum absolute atomic E-state index is 0.147. The van der Waals surface area contributed by atoms with Gasteiger partial charge in [-0.1, -0.05) is 13.3 Å². The summed E-state index contributed by atoms with van der Waals surface area (Å²) in [7, 11) is 1.92. The highest BCUT2D eigenvalue weighted by atomic mass is 32.1. The van der Waals surface area contributed by atoms with E-state index in [2.05, 4.69) is 28.5 Å². The topological polar surface area (TPSA) is 51.0 Å². The van der Waals surface area contributed by atoms with Crippen LogP contribution in [0.15, 0.2) is 10.5 Å². The van der Waals surface area contributed by atoms with Gasteiger partial charge in [0.05, 0.1) is 10.9 Å². The van der Waals surface area contributed by atoms with Gasteiger partial charge in [-0.3, -0.25) is 0 Å². The van der Waals surface area contributed by atoms with Crippen LogP contribution in [0.5, 0.6) is 0 Å². The highest BCUT2D eigenvalue weighted by molar-refractivity contribution is 7.15. The Balaban J connectivity index is 1.86. The lowest BCUT2D eigenvalue weighted by atomic mass is 10.1. The van der Waals surface area contributed by atoms with Crippen LogP contribution in [0.25, 0.3) is 10.8 Å². The van der Waals surface area contributed by atoms with Gasteiger partial charge in [-0.15, -0.1) is 21.5 Å². The van der Waals surface area contributed by atoms with E-state index in [-0.39, 0.29) is 6.04 Å². The van der Waals surface area contributed by atoms with Crippen molar-refractivity contribution >= 4 is 11.3 Å². The molecule has 1 aliphatic carbocycles. The summed E-state index contributed by atoms with van der Waals surface area (Å²) in [6, 6.07) is 2.40. The molecule has 0 fully saturated rings. The molecule has 2 heterocycles. The van der Waals surface area contributed by atoms with Crippen molar-refractivity contribution in [3.63, 3.8) is 0 Å². The van der Waals surface area contributed by atoms with Crippen LogP contribution in [0.2, 0.25) is 0 Å². The smallest absolute Gasteiger partial charge is 0.257 e. The third-order valence-electron chi connectivity index (χ3n) is 3.95. The second-order valence-corrected chi connectivity index (χ2v) is 6.45. The average Bonchev–Trinajstić information content (AvgIpc) is 3.03. The van der Waals surface area contributed by atoms with Crippen molar-refractivity contribution in [2.24, 2.45) is 0 Å². The number of hydrogen-bond donors (Lipinski definition) is 1. The van der Waals surface area contributed by atoms with Crippen LogP contribution < -0.4 is 5.32 Å². The first-order chi connectivity index (χ1) is 9.81. The summed E-state index contributed by atoms with van der Waals surface area (Å²) in [6.07, 6.45) is 7.30. The number of rotatable bonds is 4. The number of nitrogens with zero attached hydrogens (tertiary/aromatic N) is 2. The van der Waals surface area contributed by atoms with Gasteiger partial charge in [-0.25, -0.2) is 0 Å². The molecule has 2 aromatic heterocycles. The number of aromatic nitrogens is 2. The third kappa shape index (κ3) is 2.65. The summed E-state index contributed by atoms with van der Waals surface area (Å²) in [5.74, 6) is 1.36. The van der Waals surface area contributed by atoms with Gasteiger partial charge in [0.1, 0.15) is 0 Å². The molecule has 5 heteroatoms. The Morgan fingerprint density at radius 2 is 2.15 bits per heavy atom. The van der Waals surface area contributed by atoms with E-state index in [0.29, 0.717) is 11.8 Å². The summed E-state index contributed by atoms with van der Waals surface area (Å²) in [6.45, 7) is 2.11. The molecule has 20 heavy (non-hydrogen) atoms. The summed E-state index contributed by atoms with van der Waals surface area (Å²) < 4.78 is 5.85. The molecule has 0 radical (unpaired) electrons. The molecular formula is C15H21N3OS. The van der Waals surface area contributed by atoms with E-state index in [1.165, 1.54) is 42.5 Å². The maximum Gasteiger partial charge on any atom is 0.257 e. The quantitative estimate of drug-likeness (QED) is 0.872. The van der Waals surface area contributed by atoms with Gasteiger partial charge in [-0.2, -0.15) is 0 Å². The number of thiophene rings is 1. The zero-order valence-corrected chi connectivity index (χ0v) is 12.9. The Labute approximate surface area is 123 Å². The first kappa shape index (κ1) is 13.8. The molecule has 0 saturated heterocycles. The molecule has 0 saturated carbocycles. The van der Waals surface area contributed by atoms with E-state index in [1.54, 1.807) is 0 Å². The van der Waals surface area contributed by atoms with Crippen molar-refractivity contribution < 1.29 is 4.42 Å². The molecule has 2 aromatic rings. The van der Waals surface area contributed by atoms with Gasteiger partial charge >= 0.3 is 0 Å². The number of fused-ring (bicyclic) bond motifs is 1. The van der Waals surface area contributed by atoms with E-state index >= 15 is 0 Å². The number of hydrogen-bond acceptors (Lipinski definition) is 5. The minimum atomic E-state index is 0.147. The summed E-state index contributed by atoms with van der Waals surface area (Å²) in [5.41, 5.74) is 1.49. The van der Waals surface area contributed by atoms with E-state index in [4.69, 9.17) is 4.42 Å². The molecule has 0 spiro atoms. The van der Waals surface area contributed by atoms with Gasteiger partial charge < -0.3 is 9.73 Å². The molecule has 3 rings (SSSR count). The first-order valence-electron chi connectivity index (χ1n) is 7.44. The zero-order valence-electron chi connectivity index (χ0n) is 12.1. The molecular weight excluding hydrogens is 270 g/mol. The normalized spacial score (nSPS) is 16.7. The van der Waals surface area contributed by atoms with Crippen molar-refractivity contribution in [2.45, 2.75) is 51.5 Å². The average molecular weight is 291 g/mol. The largest absolute Gasteiger partial charge is 0.418 e. The molecule has 1 N–H and O–H groups in total. The van der Waals surface area contributed by atoms with Crippen LogP contribution in [-0.4, -0.2) is 17.2 Å². The monoisotopic (exact) mass is 291 g/mol. The van der Waals surface area contributed by atoms with Gasteiger partial charge in [0.25, 0.3) is 5.89 Å². The molecule has 1 aliphatic rings. The predicted octanol–water partition coefficient (Wildman–Crippen LogP) is 3.74. The SMILES string of the molecule is CCC(NC)c1nnc(-c2cc3c(s2)CCCCC3)o1. The standard InChI is InChI=1S/C15H21N3OS/c1-3-11(16-2)14-17-18-15(19-14)13-9-10-7-5-4-6-8-12(10)20-13/h9,11,16H,3-8H2,1-2H3. The fraction of sp³-hybridized carbons (Fsp3) is 0.600. The van der Waals surface area contributed by atoms with Crippen LogP contribution in [0, 0.1) is 0 Å². The van der Waals surface area contributed by atoms with Crippen molar-refractivity contribution in [1.82, 2.24) is 15.5 Å². The fourth-order valence-corrected chi connectivity index (χ4v) is 3.92. The van der Waals surface area contributed by atoms with Crippen molar-refractivity contribution in [3.05, 3.63) is 22.4 Å². The van der Waals surface area contributed by atoms with Gasteiger partial charge in [0.15, 0.2) is 0 Å². The van der Waals surface area contributed by atoms with E-state index < -0.39 is 0 Å². The van der Waals surface area contributed by atoms with Crippen molar-refractivity contribution in [3.8, 4) is 10.8 Å². The molecule has 4 nitrogen and oxygen atoms in total. The summed E-state index contributed by atoms with van der Waals surface area (Å²) in [4.78, 5) is 2.64. The Morgan fingerprint density at radius 1 is 1.30 bits per heavy atom. The maximum absolute atomic E-state index is 5.85. The zero-order chi connectivity index (χ0) is 13.9. The molecule has 1 unspecified atom stereocenters. The lowest BCUT2D eigenvalue weighted by Crippen LogP contribution is -2.15. The van der Waals surface area contributed by atoms with Gasteiger partial charge in [0.2, 0.25) is 5.89 Å². The Morgan fingerprint density at radius 3 is 2.95 bits per heavy atom. The maximum atomic E-state index is 5.85. The van der Waals surface area contributed by atoms with Crippen LogP contribution in [0.1, 0.15) is 55.0 Å². The molecule has 0 bridgehead atoms. The van der Waals surface area contributed by atoms with E-state index in [1.807, 2.05) is 18.4 Å². The van der Waals surface area contributed by atoms with E-state index in [0.717, 1.165) is 11.3 Å². The van der Waals surface area contributed by atoms with Crippen molar-refractivity contribution in [1.29, 1.82) is 0 Å². The molecule has 0 aliphatic heterocycles. The minimum Gasteiger partial charge on any atom is -0.418 e. The molecule has 0 aromatic carbocycles. The first-order valence-corrected chi connectivity index (χ1v) is 8.26. The Bertz CT molecular complexity index is 548. The molecule has 0 amide bonds. The van der Waals surface area contributed by atoms with Gasteiger partial charge in [0, 0.05) is 4.88 Å². The predicted molar refractivity (Wildman–Crippen MR) is 81.0 cm³/mol. The summed E-state index contributed by atoms with van der Waals surface area (Å²) >= 11 is 1.83. The molecule has 1 atom stereocenters. The van der Waals surface area contributed by atoms with Crippen LogP contribution in [0.3, 0.4) is 0 Å². The Hall–Kier alpha value is -1.20. The third-order valence-corrected chi connectivity index (χ3v) is 5.18. The Kier molecular flexibility index (Phi) is 4.17. The lowest BCUT2D eigenvalue weighted by Gasteiger charge is -2.06. The lowest BCUT2D eigenvalue weighted by molar-refractivity contribution is 0.415. The van der Waals surface area contributed by atoms with Crippen LogP contribution in [-0.2, 0) is 12.8 Å². The van der Waals surface area contributed by atoms with Gasteiger partial charge in [-0.05, 0) is 50.8 Å². The number of aryl methyl sites for hydroxylation is 2. The summed E-state index contributed by atoms with van der Waals surface area (Å²) in [5, 5.41) is 11.6. The fourth-order valence-electron chi connectivity index (χ4n) is 2.75. The van der Waals surface area contributed by atoms with Crippen LogP contribution in [0.4, 0.5) is 0 Å². The van der Waals surface area contributed by atoms with Crippen LogP contribution >= 0.6 is 11.3 Å². The van der Waals surface area contributed by atoms with E-state index in [9.17, 15) is 0 Å². The molecule has 108 valence electrons. The second kappa shape index (κ2) is 6.06.